The maximum absolute atomic E-state index is 3.71. The first-order valence-electron chi connectivity index (χ1n) is 2.87. The van der Waals surface area contributed by atoms with Crippen molar-refractivity contribution in [3.8, 4) is 0 Å². The molecule has 0 spiro atoms. The average Bonchev–Trinajstić information content (AvgIpc) is 2.59. The Labute approximate surface area is 57.1 Å². The molecule has 2 aliphatic rings. The van der Waals surface area contributed by atoms with E-state index in [4.69, 9.17) is 0 Å². The van der Waals surface area contributed by atoms with Gasteiger partial charge < -0.3 is 0 Å². The highest BCUT2D eigenvalue weighted by Gasteiger charge is 2.20. The van der Waals surface area contributed by atoms with Gasteiger partial charge in [-0.2, -0.15) is 16.2 Å². The molecule has 1 fully saturated rings. The Hall–Kier alpha value is -0.800. The monoisotopic (exact) mass is 144 g/mol. The van der Waals surface area contributed by atoms with Crippen molar-refractivity contribution >= 4 is 0 Å². The molecule has 8 nitrogen and oxygen atoms in total. The topological polar surface area (TPSA) is 79.3 Å². The van der Waals surface area contributed by atoms with Gasteiger partial charge in [0, 0.05) is 0 Å². The molecule has 0 unspecified atom stereocenters. The third-order valence-electron chi connectivity index (χ3n) is 1.22. The predicted octanol–water partition coefficient (Wildman–Crippen LogP) is -2.17. The summed E-state index contributed by atoms with van der Waals surface area (Å²) >= 11 is 0. The van der Waals surface area contributed by atoms with E-state index >= 15 is 0 Å². The van der Waals surface area contributed by atoms with E-state index in [-0.39, 0.29) is 0 Å². The van der Waals surface area contributed by atoms with Crippen LogP contribution in [0.3, 0.4) is 0 Å². The van der Waals surface area contributed by atoms with E-state index in [0.29, 0.717) is 13.3 Å². The van der Waals surface area contributed by atoms with Crippen LogP contribution in [-0.4, -0.2) is 23.6 Å². The first-order valence-corrected chi connectivity index (χ1v) is 2.87. The molecule has 0 saturated carbocycles. The lowest BCUT2D eigenvalue weighted by molar-refractivity contribution is -0.0754. The number of hydrogen-bond acceptors (Lipinski definition) is 8. The fraction of sp³-hybridized carbons (Fsp3) is 1.00. The van der Waals surface area contributed by atoms with E-state index in [0.717, 1.165) is 0 Å². The molecule has 56 valence electrons. The largest absolute Gasteiger partial charge is 0.226 e. The summed E-state index contributed by atoms with van der Waals surface area (Å²) in [6, 6.07) is 0. The van der Waals surface area contributed by atoms with Gasteiger partial charge in [0.05, 0.1) is 6.67 Å². The molecule has 10 heavy (non-hydrogen) atoms. The summed E-state index contributed by atoms with van der Waals surface area (Å²) in [5, 5.41) is 10.8. The summed E-state index contributed by atoms with van der Waals surface area (Å²) in [6.45, 7) is 1.19. The lowest BCUT2D eigenvalue weighted by Crippen LogP contribution is -2.51. The van der Waals surface area contributed by atoms with E-state index in [9.17, 15) is 0 Å². The molecule has 0 aromatic rings. The zero-order valence-corrected chi connectivity index (χ0v) is 5.20. The lowest BCUT2D eigenvalue weighted by atomic mass is 11.1. The molecular weight excluding hydrogens is 136 g/mol. The van der Waals surface area contributed by atoms with Crippen LogP contribution in [0.5, 0.6) is 0 Å². The van der Waals surface area contributed by atoms with Crippen LogP contribution in [-0.2, 0) is 0 Å². The van der Waals surface area contributed by atoms with Crippen LogP contribution in [0.1, 0.15) is 0 Å². The van der Waals surface area contributed by atoms with Crippen molar-refractivity contribution in [2.24, 2.45) is 10.3 Å². The summed E-state index contributed by atoms with van der Waals surface area (Å²) in [5.74, 6) is 0. The zero-order chi connectivity index (χ0) is 6.81. The van der Waals surface area contributed by atoms with Crippen LogP contribution >= 0.6 is 0 Å². The molecule has 0 amide bonds. The Morgan fingerprint density at radius 1 is 1.30 bits per heavy atom. The smallest absolute Gasteiger partial charge is 0.150 e. The third kappa shape index (κ3) is 0.936. The number of nitrogens with one attached hydrogen (secondary N) is 4. The highest BCUT2D eigenvalue weighted by molar-refractivity contribution is 4.49. The molecule has 0 bridgehead atoms. The molecule has 0 aliphatic carbocycles. The van der Waals surface area contributed by atoms with Gasteiger partial charge in [0.2, 0.25) is 0 Å². The lowest BCUT2D eigenvalue weighted by Gasteiger charge is -2.21. The van der Waals surface area contributed by atoms with Gasteiger partial charge in [-0.3, -0.25) is 0 Å². The van der Waals surface area contributed by atoms with E-state index in [1.54, 1.807) is 10.2 Å². The first kappa shape index (κ1) is 5.95. The van der Waals surface area contributed by atoms with Crippen molar-refractivity contribution in [1.82, 2.24) is 32.3 Å². The quantitative estimate of drug-likeness (QED) is 0.335. The summed E-state index contributed by atoms with van der Waals surface area (Å²) in [6.07, 6.45) is 0. The molecule has 8 heteroatoms. The van der Waals surface area contributed by atoms with Crippen molar-refractivity contribution in [2.45, 2.75) is 0 Å². The molecule has 0 atom stereocenters. The minimum Gasteiger partial charge on any atom is -0.226 e. The zero-order valence-electron chi connectivity index (χ0n) is 5.20. The fourth-order valence-electron chi connectivity index (χ4n) is 0.740. The van der Waals surface area contributed by atoms with Crippen LogP contribution < -0.4 is 22.0 Å². The van der Waals surface area contributed by atoms with Crippen LogP contribution in [0, 0.1) is 0 Å². The van der Waals surface area contributed by atoms with Gasteiger partial charge in [-0.05, 0) is 0 Å². The normalized spacial score (nSPS) is 27.6. The van der Waals surface area contributed by atoms with E-state index in [2.05, 4.69) is 32.4 Å². The Kier molecular flexibility index (Phi) is 1.45. The minimum absolute atomic E-state index is 0.524. The van der Waals surface area contributed by atoms with Gasteiger partial charge in [0.1, 0.15) is 0 Å². The van der Waals surface area contributed by atoms with Crippen molar-refractivity contribution in [2.75, 3.05) is 13.3 Å². The Morgan fingerprint density at radius 2 is 2.30 bits per heavy atom. The SMILES string of the molecule is C1N=NNN1N1CNNN1. The summed E-state index contributed by atoms with van der Waals surface area (Å²) in [4.78, 5) is 0. The molecule has 4 N–H and O–H groups in total. The van der Waals surface area contributed by atoms with Crippen LogP contribution in [0.2, 0.25) is 0 Å². The van der Waals surface area contributed by atoms with Gasteiger partial charge >= 0.3 is 0 Å². The predicted molar refractivity (Wildman–Crippen MR) is 30.8 cm³/mol. The molecule has 0 aromatic heterocycles. The third-order valence-corrected chi connectivity index (χ3v) is 1.22. The molecule has 2 heterocycles. The minimum atomic E-state index is 0.524. The van der Waals surface area contributed by atoms with Crippen LogP contribution in [0.25, 0.3) is 0 Å². The highest BCUT2D eigenvalue weighted by atomic mass is 16.1. The number of nitrogens with zero attached hydrogens (tertiary/aromatic N) is 4. The number of hydrazine groups is 5. The van der Waals surface area contributed by atoms with Gasteiger partial charge in [0.15, 0.2) is 6.67 Å². The molecular formula is C2H8N8. The Morgan fingerprint density at radius 3 is 2.90 bits per heavy atom. The number of rotatable bonds is 1. The van der Waals surface area contributed by atoms with Crippen molar-refractivity contribution in [1.29, 1.82) is 0 Å². The maximum atomic E-state index is 3.71. The van der Waals surface area contributed by atoms with Crippen LogP contribution in [0.4, 0.5) is 0 Å². The molecule has 0 radical (unpaired) electrons. The first-order chi connectivity index (χ1) is 4.97. The van der Waals surface area contributed by atoms with Crippen molar-refractivity contribution in [3.63, 3.8) is 0 Å². The van der Waals surface area contributed by atoms with Gasteiger partial charge in [-0.1, -0.05) is 10.3 Å². The second-order valence-electron chi connectivity index (χ2n) is 1.85. The molecule has 2 aliphatic heterocycles. The second kappa shape index (κ2) is 2.44. The standard InChI is InChI=1S/C2H8N8/c1-3-5-7-9(1)10-2-4-6-8-10/h3,5,7H,1-2H2,(H,4,8). The van der Waals surface area contributed by atoms with E-state index in [1.807, 2.05) is 0 Å². The summed E-state index contributed by atoms with van der Waals surface area (Å²) in [7, 11) is 0. The fourth-order valence-corrected chi connectivity index (χ4v) is 0.740. The molecule has 1 saturated heterocycles. The van der Waals surface area contributed by atoms with Gasteiger partial charge in [-0.15, -0.1) is 5.12 Å². The summed E-state index contributed by atoms with van der Waals surface area (Å²) < 4.78 is 0. The molecule has 0 aromatic carbocycles. The Balaban J connectivity index is 1.87. The molecule has 2 rings (SSSR count). The van der Waals surface area contributed by atoms with Gasteiger partial charge in [0.25, 0.3) is 0 Å². The second-order valence-corrected chi connectivity index (χ2v) is 1.85. The van der Waals surface area contributed by atoms with Crippen molar-refractivity contribution in [3.05, 3.63) is 0 Å². The summed E-state index contributed by atoms with van der Waals surface area (Å²) in [5.41, 5.74) is 11.0. The van der Waals surface area contributed by atoms with Crippen molar-refractivity contribution < 1.29 is 0 Å². The average molecular weight is 144 g/mol. The van der Waals surface area contributed by atoms with E-state index < -0.39 is 0 Å². The van der Waals surface area contributed by atoms with Gasteiger partial charge in [-0.25, -0.2) is 11.0 Å². The highest BCUT2D eigenvalue weighted by Crippen LogP contribution is 1.96. The van der Waals surface area contributed by atoms with Crippen LogP contribution in [0.15, 0.2) is 10.3 Å². The van der Waals surface area contributed by atoms with E-state index in [1.165, 1.54) is 0 Å². The number of hydrogen-bond donors (Lipinski definition) is 4. The Bertz CT molecular complexity index is 128. The maximum Gasteiger partial charge on any atom is 0.150 e.